The lowest BCUT2D eigenvalue weighted by Gasteiger charge is -2.37. The monoisotopic (exact) mass is 959 g/mol. The largest absolute Gasteiger partial charge is 0.350 e. The van der Waals surface area contributed by atoms with E-state index in [9.17, 15) is 4.79 Å². The van der Waals surface area contributed by atoms with Crippen molar-refractivity contribution in [2.75, 3.05) is 33.0 Å². The molecule has 0 radical (unpaired) electrons. The Hall–Kier alpha value is -5.27. The van der Waals surface area contributed by atoms with Gasteiger partial charge in [-0.1, -0.05) is 185 Å². The van der Waals surface area contributed by atoms with Crippen molar-refractivity contribution in [2.45, 2.75) is 128 Å². The van der Waals surface area contributed by atoms with Crippen LogP contribution in [0.4, 0.5) is 0 Å². The van der Waals surface area contributed by atoms with Gasteiger partial charge in [0.05, 0.1) is 55.8 Å². The maximum atomic E-state index is 10.2. The van der Waals surface area contributed by atoms with E-state index in [0.717, 1.165) is 60.1 Å². The number of aromatic nitrogens is 4. The number of imidazole rings is 2. The molecule has 3 N–H and O–H groups in total. The van der Waals surface area contributed by atoms with Crippen LogP contribution in [0.3, 0.4) is 0 Å². The standard InChI is InChI=1S/C28H37N3O2.C21H25N3.C7H12O3.3CH4/c1-27(2,3)25(29-16-22-19-32-28(4,5)33-20-22)26-30-24(23-14-10-7-11-15-23)18-31(26)17-21-12-8-6-9-13-21;1-21(2,3)19(22)20-23-18(17-12-8-5-9-13-17)15-24(20)14-16-10-6-4-7-11-16;1-7(2)9-4-6(3-8)5-10-7;;;/h6-15,18,22,25,29H,16-17,19-20H2,1-5H3;4-13,15,19H,14,22H2,1-3H3;3,6H,4-5H2,1-2H3;3*1H4/t25-;19-;;;;/m00..../s1. The molecule has 0 aliphatic carbocycles. The highest BCUT2D eigenvalue weighted by atomic mass is 16.7. The Morgan fingerprint density at radius 1 is 0.600 bits per heavy atom. The van der Waals surface area contributed by atoms with Crippen LogP contribution in [0.5, 0.6) is 0 Å². The minimum Gasteiger partial charge on any atom is -0.350 e. The highest BCUT2D eigenvalue weighted by molar-refractivity contribution is 5.59. The average Bonchev–Trinajstić information content (AvgIpc) is 3.92. The summed E-state index contributed by atoms with van der Waals surface area (Å²) in [6, 6.07) is 41.6. The first-order valence-corrected chi connectivity index (χ1v) is 23.6. The van der Waals surface area contributed by atoms with Crippen LogP contribution in [0.15, 0.2) is 134 Å². The third kappa shape index (κ3) is 17.2. The third-order valence-corrected chi connectivity index (χ3v) is 11.9. The number of aldehydes is 1. The van der Waals surface area contributed by atoms with E-state index >= 15 is 0 Å². The van der Waals surface area contributed by atoms with Crippen molar-refractivity contribution in [3.8, 4) is 22.5 Å². The maximum Gasteiger partial charge on any atom is 0.162 e. The van der Waals surface area contributed by atoms with Gasteiger partial charge in [-0.2, -0.15) is 0 Å². The number of rotatable bonds is 12. The molecule has 8 rings (SSSR count). The normalized spacial score (nSPS) is 16.6. The van der Waals surface area contributed by atoms with E-state index in [1.54, 1.807) is 0 Å². The Bertz CT molecular complexity index is 2380. The summed E-state index contributed by atoms with van der Waals surface area (Å²) in [4.78, 5) is 20.3. The number of benzene rings is 4. The Kier molecular flexibility index (Phi) is 22.1. The molecular weight excluding hydrogens is 873 g/mol. The van der Waals surface area contributed by atoms with E-state index in [1.165, 1.54) is 11.1 Å². The highest BCUT2D eigenvalue weighted by Gasteiger charge is 2.34. The third-order valence-electron chi connectivity index (χ3n) is 11.9. The second-order valence-corrected chi connectivity index (χ2v) is 20.8. The van der Waals surface area contributed by atoms with Gasteiger partial charge in [0.25, 0.3) is 0 Å². The highest BCUT2D eigenvalue weighted by Crippen LogP contribution is 2.35. The van der Waals surface area contributed by atoms with Gasteiger partial charge >= 0.3 is 0 Å². The predicted octanol–water partition coefficient (Wildman–Crippen LogP) is 12.8. The summed E-state index contributed by atoms with van der Waals surface area (Å²) in [5.74, 6) is 1.24. The van der Waals surface area contributed by atoms with Crippen LogP contribution in [-0.4, -0.2) is 69.9 Å². The molecule has 2 aliphatic rings. The molecule has 11 nitrogen and oxygen atoms in total. The smallest absolute Gasteiger partial charge is 0.162 e. The number of nitrogens with two attached hydrogens (primary N) is 1. The van der Waals surface area contributed by atoms with Gasteiger partial charge in [-0.15, -0.1) is 0 Å². The lowest BCUT2D eigenvalue weighted by atomic mass is 9.85. The number of hydrogen-bond acceptors (Lipinski definition) is 9. The first-order valence-electron chi connectivity index (χ1n) is 23.6. The lowest BCUT2D eigenvalue weighted by molar-refractivity contribution is -0.261. The molecular formula is C59H86N6O5. The van der Waals surface area contributed by atoms with Crippen LogP contribution in [0.2, 0.25) is 0 Å². The van der Waals surface area contributed by atoms with Gasteiger partial charge < -0.3 is 43.9 Å². The summed E-state index contributed by atoms with van der Waals surface area (Å²) in [5, 5.41) is 3.82. The number of carbonyl (C=O) groups is 1. The van der Waals surface area contributed by atoms with E-state index in [-0.39, 0.29) is 51.1 Å². The summed E-state index contributed by atoms with van der Waals surface area (Å²) in [7, 11) is 0. The Balaban J connectivity index is 0.000000307. The van der Waals surface area contributed by atoms with E-state index in [0.29, 0.717) is 32.3 Å². The summed E-state index contributed by atoms with van der Waals surface area (Å²) in [5.41, 5.74) is 13.2. The molecule has 0 bridgehead atoms. The molecule has 70 heavy (non-hydrogen) atoms. The molecule has 382 valence electrons. The van der Waals surface area contributed by atoms with E-state index < -0.39 is 11.6 Å². The maximum absolute atomic E-state index is 10.2. The molecule has 0 unspecified atom stereocenters. The van der Waals surface area contributed by atoms with Crippen LogP contribution < -0.4 is 11.1 Å². The van der Waals surface area contributed by atoms with Crippen molar-refractivity contribution in [1.82, 2.24) is 24.4 Å². The molecule has 2 aromatic heterocycles. The Labute approximate surface area is 421 Å². The van der Waals surface area contributed by atoms with E-state index in [2.05, 4.69) is 159 Å². The van der Waals surface area contributed by atoms with Gasteiger partial charge in [0.1, 0.15) is 17.9 Å². The summed E-state index contributed by atoms with van der Waals surface area (Å²) in [6.07, 6.45) is 5.17. The first-order chi connectivity index (χ1) is 31.8. The first kappa shape index (κ1) is 59.0. The lowest BCUT2D eigenvalue weighted by Crippen LogP contribution is -2.45. The molecule has 0 spiro atoms. The fraction of sp³-hybridized carbons (Fsp3) is 0.475. The fourth-order valence-electron chi connectivity index (χ4n) is 7.73. The second kappa shape index (κ2) is 26.3. The van der Waals surface area contributed by atoms with Crippen LogP contribution >= 0.6 is 0 Å². The average molecular weight is 959 g/mol. The van der Waals surface area contributed by atoms with Crippen molar-refractivity contribution >= 4 is 6.29 Å². The Morgan fingerprint density at radius 3 is 1.36 bits per heavy atom. The van der Waals surface area contributed by atoms with Gasteiger partial charge in [0.15, 0.2) is 11.6 Å². The van der Waals surface area contributed by atoms with Crippen molar-refractivity contribution in [2.24, 2.45) is 28.4 Å². The van der Waals surface area contributed by atoms with Crippen LogP contribution in [-0.2, 0) is 36.8 Å². The van der Waals surface area contributed by atoms with Gasteiger partial charge in [-0.25, -0.2) is 9.97 Å². The van der Waals surface area contributed by atoms with Gasteiger partial charge in [-0.3, -0.25) is 0 Å². The number of nitrogens with zero attached hydrogens (tertiary/aromatic N) is 4. The zero-order valence-electron chi connectivity index (χ0n) is 41.4. The van der Waals surface area contributed by atoms with Crippen molar-refractivity contribution in [1.29, 1.82) is 0 Å². The topological polar surface area (TPSA) is 128 Å². The fourth-order valence-corrected chi connectivity index (χ4v) is 7.73. The minimum atomic E-state index is -0.500. The molecule has 4 heterocycles. The molecule has 0 amide bonds. The molecule has 2 aliphatic heterocycles. The summed E-state index contributed by atoms with van der Waals surface area (Å²) >= 11 is 0. The molecule has 2 atom stereocenters. The second-order valence-electron chi connectivity index (χ2n) is 20.8. The number of carbonyl (C=O) groups excluding carboxylic acids is 1. The molecule has 6 aromatic rings. The predicted molar refractivity (Wildman–Crippen MR) is 288 cm³/mol. The van der Waals surface area contributed by atoms with Crippen molar-refractivity contribution < 1.29 is 23.7 Å². The molecule has 4 aromatic carbocycles. The van der Waals surface area contributed by atoms with Crippen LogP contribution in [0.1, 0.15) is 126 Å². The zero-order valence-corrected chi connectivity index (χ0v) is 41.4. The molecule has 2 saturated heterocycles. The van der Waals surface area contributed by atoms with E-state index in [4.69, 9.17) is 34.6 Å². The molecule has 0 saturated carbocycles. The number of ether oxygens (including phenoxy) is 4. The quantitative estimate of drug-likeness (QED) is 0.115. The van der Waals surface area contributed by atoms with Crippen LogP contribution in [0.25, 0.3) is 22.5 Å². The van der Waals surface area contributed by atoms with E-state index in [1.807, 2.05) is 58.0 Å². The van der Waals surface area contributed by atoms with Gasteiger partial charge in [-0.05, 0) is 49.7 Å². The van der Waals surface area contributed by atoms with Gasteiger partial charge in [0.2, 0.25) is 0 Å². The zero-order chi connectivity index (χ0) is 48.2. The van der Waals surface area contributed by atoms with Crippen molar-refractivity contribution in [3.05, 3.63) is 156 Å². The van der Waals surface area contributed by atoms with Gasteiger partial charge in [0, 0.05) is 49.1 Å². The Morgan fingerprint density at radius 2 is 0.971 bits per heavy atom. The summed E-state index contributed by atoms with van der Waals surface area (Å²) < 4.78 is 26.7. The number of nitrogens with one attached hydrogen (secondary N) is 1. The minimum absolute atomic E-state index is 0. The number of hydrogen-bond donors (Lipinski definition) is 2. The SMILES string of the molecule is C.C.C.CC(C)(C)[C@@H](N)c1nc(-c2ccccc2)cn1Cc1ccccc1.CC1(C)OCC(C=O)CO1.CC1(C)OCC(CN[C@@H](c2nc(-c3ccccc3)cn2Cc2ccccc2)C(C)(C)C)CO1. The molecule has 11 heteroatoms. The summed E-state index contributed by atoms with van der Waals surface area (Å²) in [6.45, 7) is 25.6. The van der Waals surface area contributed by atoms with Crippen molar-refractivity contribution in [3.63, 3.8) is 0 Å². The van der Waals surface area contributed by atoms with Crippen LogP contribution in [0, 0.1) is 22.7 Å². The molecule has 2 fully saturated rings.